The zero-order chi connectivity index (χ0) is 18.5. The quantitative estimate of drug-likeness (QED) is 0.622. The summed E-state index contributed by atoms with van der Waals surface area (Å²) in [6, 6.07) is 4.72. The van der Waals surface area contributed by atoms with Gasteiger partial charge in [0.05, 0.1) is 4.92 Å². The Morgan fingerprint density at radius 3 is 2.00 bits per heavy atom. The normalized spacial score (nSPS) is 32.8. The molecule has 7 nitrogen and oxygen atoms in total. The highest BCUT2D eigenvalue weighted by Crippen LogP contribution is 2.61. The first kappa shape index (κ1) is 17.0. The van der Waals surface area contributed by atoms with Gasteiger partial charge in [0.25, 0.3) is 11.6 Å². The Kier molecular flexibility index (Phi) is 3.97. The Bertz CT molecular complexity index is 723. The number of nitrogens with two attached hydrogens (primary N) is 1. The molecule has 4 fully saturated rings. The summed E-state index contributed by atoms with van der Waals surface area (Å²) in [6.07, 6.45) is 6.57. The number of rotatable bonds is 5. The van der Waals surface area contributed by atoms with Crippen molar-refractivity contribution in [3.05, 3.63) is 39.9 Å². The van der Waals surface area contributed by atoms with Crippen LogP contribution >= 0.6 is 0 Å². The van der Waals surface area contributed by atoms with Crippen LogP contribution in [0.3, 0.4) is 0 Å². The molecule has 0 unspecified atom stereocenters. The first-order valence-corrected chi connectivity index (χ1v) is 9.21. The third-order valence-corrected chi connectivity index (χ3v) is 6.60. The molecule has 1 aromatic carbocycles. The lowest BCUT2D eigenvalue weighted by atomic mass is 9.47. The fourth-order valence-electron chi connectivity index (χ4n) is 6.01. The van der Waals surface area contributed by atoms with E-state index in [1.54, 1.807) is 0 Å². The van der Waals surface area contributed by atoms with E-state index in [1.165, 1.54) is 43.5 Å². The molecule has 2 amide bonds. The third kappa shape index (κ3) is 2.85. The molecule has 0 radical (unpaired) electrons. The molecular weight excluding hydrogens is 334 g/mol. The van der Waals surface area contributed by atoms with Gasteiger partial charge in [0.15, 0.2) is 0 Å². The topological polar surface area (TPSA) is 115 Å². The van der Waals surface area contributed by atoms with Gasteiger partial charge >= 0.3 is 0 Å². The summed E-state index contributed by atoms with van der Waals surface area (Å²) in [6.45, 7) is 0. The van der Waals surface area contributed by atoms with E-state index in [2.05, 4.69) is 5.32 Å². The van der Waals surface area contributed by atoms with Crippen LogP contribution in [-0.2, 0) is 4.79 Å². The molecular formula is C19H23N3O4. The minimum atomic E-state index is -0.682. The first-order chi connectivity index (χ1) is 12.4. The van der Waals surface area contributed by atoms with Crippen molar-refractivity contribution in [3.63, 3.8) is 0 Å². The van der Waals surface area contributed by atoms with Gasteiger partial charge in [0, 0.05) is 23.1 Å². The second-order valence-corrected chi connectivity index (χ2v) is 8.39. The number of carbonyl (C=O) groups excluding carboxylic acids is 2. The molecule has 4 aliphatic rings. The van der Waals surface area contributed by atoms with Crippen molar-refractivity contribution in [2.24, 2.45) is 28.9 Å². The third-order valence-electron chi connectivity index (χ3n) is 6.60. The molecule has 0 saturated heterocycles. The van der Waals surface area contributed by atoms with E-state index in [-0.39, 0.29) is 11.1 Å². The van der Waals surface area contributed by atoms with Crippen molar-refractivity contribution in [2.45, 2.75) is 44.6 Å². The summed E-state index contributed by atoms with van der Waals surface area (Å²) in [4.78, 5) is 35.1. The second-order valence-electron chi connectivity index (χ2n) is 8.39. The molecule has 5 rings (SSSR count). The van der Waals surface area contributed by atoms with E-state index in [0.717, 1.165) is 19.3 Å². The van der Waals surface area contributed by atoms with E-state index in [1.807, 2.05) is 0 Å². The number of carbonyl (C=O) groups is 2. The van der Waals surface area contributed by atoms with E-state index in [4.69, 9.17) is 5.73 Å². The summed E-state index contributed by atoms with van der Waals surface area (Å²) in [5.41, 5.74) is 5.70. The van der Waals surface area contributed by atoms with Crippen LogP contribution in [-0.4, -0.2) is 22.8 Å². The van der Waals surface area contributed by atoms with Gasteiger partial charge in [-0.25, -0.2) is 0 Å². The van der Waals surface area contributed by atoms with Crippen molar-refractivity contribution in [1.29, 1.82) is 0 Å². The molecule has 0 aromatic heterocycles. The SMILES string of the molecule is NC(=O)[C@H](NC(=O)c1ccc([N+](=O)[O-])cc1)C12CC3CC(CC(C3)C1)C2. The van der Waals surface area contributed by atoms with Crippen LogP contribution in [0.25, 0.3) is 0 Å². The highest BCUT2D eigenvalue weighted by atomic mass is 16.6. The minimum Gasteiger partial charge on any atom is -0.368 e. The predicted octanol–water partition coefficient (Wildman–Crippen LogP) is 2.39. The molecule has 26 heavy (non-hydrogen) atoms. The molecule has 4 saturated carbocycles. The average molecular weight is 357 g/mol. The van der Waals surface area contributed by atoms with Gasteiger partial charge in [-0.1, -0.05) is 0 Å². The van der Waals surface area contributed by atoms with Crippen LogP contribution < -0.4 is 11.1 Å². The Hall–Kier alpha value is -2.44. The van der Waals surface area contributed by atoms with E-state index in [0.29, 0.717) is 23.3 Å². The lowest BCUT2D eigenvalue weighted by molar-refractivity contribution is -0.384. The summed E-state index contributed by atoms with van der Waals surface area (Å²) >= 11 is 0. The second kappa shape index (κ2) is 6.07. The van der Waals surface area contributed by atoms with Gasteiger partial charge in [0.1, 0.15) is 6.04 Å². The van der Waals surface area contributed by atoms with Crippen LogP contribution in [0.15, 0.2) is 24.3 Å². The van der Waals surface area contributed by atoms with E-state index < -0.39 is 22.8 Å². The van der Waals surface area contributed by atoms with Gasteiger partial charge in [-0.2, -0.15) is 0 Å². The maximum atomic E-state index is 12.6. The van der Waals surface area contributed by atoms with Gasteiger partial charge < -0.3 is 11.1 Å². The van der Waals surface area contributed by atoms with Crippen molar-refractivity contribution in [2.75, 3.05) is 0 Å². The molecule has 4 aliphatic carbocycles. The summed E-state index contributed by atoms with van der Waals surface area (Å²) in [5.74, 6) is 1.03. The summed E-state index contributed by atoms with van der Waals surface area (Å²) in [5, 5.41) is 13.6. The van der Waals surface area contributed by atoms with Crippen LogP contribution in [0.1, 0.15) is 48.9 Å². The Balaban J connectivity index is 1.55. The van der Waals surface area contributed by atoms with Gasteiger partial charge in [-0.15, -0.1) is 0 Å². The summed E-state index contributed by atoms with van der Waals surface area (Å²) < 4.78 is 0. The molecule has 138 valence electrons. The van der Waals surface area contributed by atoms with Crippen LogP contribution in [0.4, 0.5) is 5.69 Å². The number of nitrogens with zero attached hydrogens (tertiary/aromatic N) is 1. The number of nitrogens with one attached hydrogen (secondary N) is 1. The summed E-state index contributed by atoms with van der Waals surface area (Å²) in [7, 11) is 0. The van der Waals surface area contributed by atoms with Gasteiger partial charge in [-0.3, -0.25) is 19.7 Å². The molecule has 7 heteroatoms. The number of nitro groups is 1. The fourth-order valence-corrected chi connectivity index (χ4v) is 6.01. The van der Waals surface area contributed by atoms with Gasteiger partial charge in [0.2, 0.25) is 5.91 Å². The van der Waals surface area contributed by atoms with Crippen molar-refractivity contribution in [1.82, 2.24) is 5.32 Å². The van der Waals surface area contributed by atoms with Gasteiger partial charge in [-0.05, 0) is 68.4 Å². The molecule has 0 spiro atoms. The molecule has 4 bridgehead atoms. The maximum absolute atomic E-state index is 12.6. The Labute approximate surface area is 151 Å². The molecule has 0 heterocycles. The predicted molar refractivity (Wildman–Crippen MR) is 94.2 cm³/mol. The number of nitro benzene ring substituents is 1. The molecule has 3 N–H and O–H groups in total. The van der Waals surface area contributed by atoms with Crippen molar-refractivity contribution in [3.8, 4) is 0 Å². The number of benzene rings is 1. The maximum Gasteiger partial charge on any atom is 0.269 e. The number of hydrogen-bond donors (Lipinski definition) is 2. The number of non-ortho nitro benzene ring substituents is 1. The first-order valence-electron chi connectivity index (χ1n) is 9.21. The molecule has 0 aliphatic heterocycles. The monoisotopic (exact) mass is 357 g/mol. The highest BCUT2D eigenvalue weighted by Gasteiger charge is 2.56. The number of primary amides is 1. The van der Waals surface area contributed by atoms with Crippen molar-refractivity contribution < 1.29 is 14.5 Å². The largest absolute Gasteiger partial charge is 0.368 e. The molecule has 1 aromatic rings. The smallest absolute Gasteiger partial charge is 0.269 e. The standard InChI is InChI=1S/C19H23N3O4/c20-17(23)16(19-8-11-5-12(9-19)7-13(6-11)10-19)21-18(24)14-1-3-15(4-2-14)22(25)26/h1-4,11-13,16H,5-10H2,(H2,20,23)(H,21,24)/t11?,12?,13?,16-,19?/m0/s1. The zero-order valence-electron chi connectivity index (χ0n) is 14.5. The van der Waals surface area contributed by atoms with E-state index in [9.17, 15) is 19.7 Å². The Morgan fingerprint density at radius 1 is 1.08 bits per heavy atom. The minimum absolute atomic E-state index is 0.0749. The number of hydrogen-bond acceptors (Lipinski definition) is 4. The van der Waals surface area contributed by atoms with E-state index >= 15 is 0 Å². The average Bonchev–Trinajstić information content (AvgIpc) is 2.58. The lowest BCUT2D eigenvalue weighted by Crippen LogP contribution is -2.61. The Morgan fingerprint density at radius 2 is 1.58 bits per heavy atom. The fraction of sp³-hybridized carbons (Fsp3) is 0.579. The lowest BCUT2D eigenvalue weighted by Gasteiger charge is -2.58. The highest BCUT2D eigenvalue weighted by molar-refractivity contribution is 5.97. The number of amides is 2. The van der Waals surface area contributed by atoms with Crippen LogP contribution in [0.5, 0.6) is 0 Å². The van der Waals surface area contributed by atoms with Crippen molar-refractivity contribution >= 4 is 17.5 Å². The van der Waals surface area contributed by atoms with Crippen LogP contribution in [0, 0.1) is 33.3 Å². The van der Waals surface area contributed by atoms with Crippen LogP contribution in [0.2, 0.25) is 0 Å². The zero-order valence-corrected chi connectivity index (χ0v) is 14.5. The molecule has 1 atom stereocenters.